The Kier molecular flexibility index (Phi) is 8.02. The molecule has 1 N–H and O–H groups in total. The molecule has 5 rings (SSSR count). The Morgan fingerprint density at radius 1 is 0.917 bits per heavy atom. The molecule has 0 radical (unpaired) electrons. The molecule has 1 spiro atoms. The molecule has 0 aliphatic carbocycles. The van der Waals surface area contributed by atoms with Gasteiger partial charge in [-0.05, 0) is 62.6 Å². The van der Waals surface area contributed by atoms with Gasteiger partial charge in [0.25, 0.3) is 0 Å². The summed E-state index contributed by atoms with van der Waals surface area (Å²) >= 11 is 0. The van der Waals surface area contributed by atoms with Gasteiger partial charge in [0, 0.05) is 32.7 Å². The van der Waals surface area contributed by atoms with Gasteiger partial charge in [0.15, 0.2) is 0 Å². The second-order valence-electron chi connectivity index (χ2n) is 10.6. The standard InChI is InChI=1S/C30H39N3O3/c34-28-27(22-25-13-5-2-6-14-25)31-29(35)30(33(28)23-26-15-9-21-36-26)16-19-32(20-17-30)18-8-7-12-24-10-3-1-4-11-24/h1-6,10-11,13-14,26-27H,7-9,12,15-23H2,(H,31,35)/t26?,27-/m1/s1. The van der Waals surface area contributed by atoms with E-state index in [1.165, 1.54) is 5.56 Å². The zero-order valence-electron chi connectivity index (χ0n) is 21.2. The lowest BCUT2D eigenvalue weighted by molar-refractivity contribution is -0.163. The number of aryl methyl sites for hydroxylation is 1. The first kappa shape index (κ1) is 25.0. The summed E-state index contributed by atoms with van der Waals surface area (Å²) in [5, 5.41) is 3.13. The Bertz CT molecular complexity index is 999. The number of carbonyl (C=O) groups excluding carboxylic acids is 2. The molecule has 2 amide bonds. The molecule has 3 fully saturated rings. The van der Waals surface area contributed by atoms with Crippen molar-refractivity contribution in [3.8, 4) is 0 Å². The van der Waals surface area contributed by atoms with Gasteiger partial charge in [-0.1, -0.05) is 60.7 Å². The molecule has 36 heavy (non-hydrogen) atoms. The zero-order valence-corrected chi connectivity index (χ0v) is 21.2. The molecule has 6 heteroatoms. The third kappa shape index (κ3) is 5.65. The number of piperidine rings is 1. The van der Waals surface area contributed by atoms with Crippen molar-refractivity contribution in [2.45, 2.75) is 69.1 Å². The first-order valence-corrected chi connectivity index (χ1v) is 13.7. The normalized spacial score (nSPS) is 24.3. The summed E-state index contributed by atoms with van der Waals surface area (Å²) in [5.74, 6) is 0.0648. The lowest BCUT2D eigenvalue weighted by Crippen LogP contribution is -2.73. The largest absolute Gasteiger partial charge is 0.376 e. The SMILES string of the molecule is O=C1[C@@H](Cc2ccccc2)NC(=O)C2(CCN(CCCCc3ccccc3)CC2)N1CC1CCCO1. The molecule has 0 bridgehead atoms. The highest BCUT2D eigenvalue weighted by molar-refractivity contribution is 6.00. The highest BCUT2D eigenvalue weighted by Crippen LogP contribution is 2.35. The number of carbonyl (C=O) groups is 2. The maximum atomic E-state index is 13.8. The van der Waals surface area contributed by atoms with Gasteiger partial charge in [-0.2, -0.15) is 0 Å². The quantitative estimate of drug-likeness (QED) is 0.547. The first-order chi connectivity index (χ1) is 17.6. The monoisotopic (exact) mass is 489 g/mol. The van der Waals surface area contributed by atoms with Gasteiger partial charge in [-0.3, -0.25) is 9.59 Å². The molecule has 3 aliphatic heterocycles. The third-order valence-corrected chi connectivity index (χ3v) is 8.22. The van der Waals surface area contributed by atoms with Crippen molar-refractivity contribution in [3.63, 3.8) is 0 Å². The van der Waals surface area contributed by atoms with E-state index in [0.717, 1.165) is 63.9 Å². The van der Waals surface area contributed by atoms with Gasteiger partial charge < -0.3 is 19.9 Å². The van der Waals surface area contributed by atoms with Crippen LogP contribution in [0.5, 0.6) is 0 Å². The number of unbranched alkanes of at least 4 members (excludes halogenated alkanes) is 1. The fourth-order valence-electron chi connectivity index (χ4n) is 6.07. The number of hydrogen-bond donors (Lipinski definition) is 1. The van der Waals surface area contributed by atoms with Gasteiger partial charge >= 0.3 is 0 Å². The molecule has 2 atom stereocenters. The molecule has 0 saturated carbocycles. The Balaban J connectivity index is 1.22. The Labute approximate surface area is 215 Å². The van der Waals surface area contributed by atoms with E-state index in [9.17, 15) is 9.59 Å². The van der Waals surface area contributed by atoms with Gasteiger partial charge in [-0.15, -0.1) is 0 Å². The molecule has 6 nitrogen and oxygen atoms in total. The number of amides is 2. The van der Waals surface area contributed by atoms with Gasteiger partial charge in [0.2, 0.25) is 11.8 Å². The number of piperazine rings is 1. The van der Waals surface area contributed by atoms with Crippen LogP contribution in [0.3, 0.4) is 0 Å². The number of rotatable bonds is 9. The van der Waals surface area contributed by atoms with Crippen molar-refractivity contribution in [2.75, 3.05) is 32.8 Å². The van der Waals surface area contributed by atoms with Crippen LogP contribution in [0.25, 0.3) is 0 Å². The van der Waals surface area contributed by atoms with Crippen LogP contribution in [0.1, 0.15) is 49.7 Å². The minimum atomic E-state index is -0.753. The van der Waals surface area contributed by atoms with Crippen molar-refractivity contribution < 1.29 is 14.3 Å². The van der Waals surface area contributed by atoms with Crippen LogP contribution in [0.15, 0.2) is 60.7 Å². The van der Waals surface area contributed by atoms with E-state index >= 15 is 0 Å². The number of ether oxygens (including phenoxy) is 1. The number of nitrogens with one attached hydrogen (secondary N) is 1. The van der Waals surface area contributed by atoms with E-state index in [1.54, 1.807) is 0 Å². The lowest BCUT2D eigenvalue weighted by Gasteiger charge is -2.52. The lowest BCUT2D eigenvalue weighted by atomic mass is 9.80. The molecular formula is C30H39N3O3. The summed E-state index contributed by atoms with van der Waals surface area (Å²) in [6.45, 7) is 4.00. The number of likely N-dealkylation sites (tertiary alicyclic amines) is 1. The summed E-state index contributed by atoms with van der Waals surface area (Å²) in [6, 6.07) is 20.1. The van der Waals surface area contributed by atoms with Crippen LogP contribution >= 0.6 is 0 Å². The molecule has 1 unspecified atom stereocenters. The molecule has 0 aromatic heterocycles. The highest BCUT2D eigenvalue weighted by Gasteiger charge is 2.54. The van der Waals surface area contributed by atoms with Crippen LogP contribution in [0.2, 0.25) is 0 Å². The summed E-state index contributed by atoms with van der Waals surface area (Å²) in [4.78, 5) is 31.9. The topological polar surface area (TPSA) is 61.9 Å². The van der Waals surface area contributed by atoms with Gasteiger partial charge in [0.05, 0.1) is 6.10 Å². The maximum Gasteiger partial charge on any atom is 0.246 e. The van der Waals surface area contributed by atoms with E-state index in [4.69, 9.17) is 4.74 Å². The van der Waals surface area contributed by atoms with Crippen molar-refractivity contribution in [1.29, 1.82) is 0 Å². The molecular weight excluding hydrogens is 450 g/mol. The summed E-state index contributed by atoms with van der Waals surface area (Å²) in [7, 11) is 0. The van der Waals surface area contributed by atoms with Crippen LogP contribution in [0, 0.1) is 0 Å². The molecule has 3 saturated heterocycles. The third-order valence-electron chi connectivity index (χ3n) is 8.22. The van der Waals surface area contributed by atoms with Crippen molar-refractivity contribution in [1.82, 2.24) is 15.1 Å². The van der Waals surface area contributed by atoms with Crippen molar-refractivity contribution in [3.05, 3.63) is 71.8 Å². The summed E-state index contributed by atoms with van der Waals surface area (Å²) in [5.41, 5.74) is 1.70. The smallest absolute Gasteiger partial charge is 0.246 e. The predicted molar refractivity (Wildman–Crippen MR) is 141 cm³/mol. The van der Waals surface area contributed by atoms with Crippen molar-refractivity contribution >= 4 is 11.8 Å². The highest BCUT2D eigenvalue weighted by atomic mass is 16.5. The van der Waals surface area contributed by atoms with E-state index in [1.807, 2.05) is 35.2 Å². The summed E-state index contributed by atoms with van der Waals surface area (Å²) in [6.07, 6.45) is 7.33. The van der Waals surface area contributed by atoms with Crippen LogP contribution in [-0.2, 0) is 27.2 Å². The van der Waals surface area contributed by atoms with Gasteiger partial charge in [-0.25, -0.2) is 0 Å². The number of nitrogens with zero attached hydrogens (tertiary/aromatic N) is 2. The van der Waals surface area contributed by atoms with E-state index in [2.05, 4.69) is 40.5 Å². The predicted octanol–water partition coefficient (Wildman–Crippen LogP) is 3.59. The average Bonchev–Trinajstić information content (AvgIpc) is 3.43. The minimum Gasteiger partial charge on any atom is -0.376 e. The van der Waals surface area contributed by atoms with Gasteiger partial charge in [0.1, 0.15) is 11.6 Å². The summed E-state index contributed by atoms with van der Waals surface area (Å²) < 4.78 is 5.91. The minimum absolute atomic E-state index is 0.0183. The zero-order chi connectivity index (χ0) is 24.8. The Morgan fingerprint density at radius 2 is 1.61 bits per heavy atom. The number of benzene rings is 2. The van der Waals surface area contributed by atoms with Crippen LogP contribution < -0.4 is 5.32 Å². The van der Waals surface area contributed by atoms with E-state index in [0.29, 0.717) is 25.8 Å². The number of hydrogen-bond acceptors (Lipinski definition) is 4. The molecule has 2 aromatic carbocycles. The Morgan fingerprint density at radius 3 is 2.28 bits per heavy atom. The molecule has 3 aliphatic rings. The van der Waals surface area contributed by atoms with Crippen molar-refractivity contribution in [2.24, 2.45) is 0 Å². The first-order valence-electron chi connectivity index (χ1n) is 13.7. The maximum absolute atomic E-state index is 13.8. The second kappa shape index (κ2) is 11.6. The fraction of sp³-hybridized carbons (Fsp3) is 0.533. The van der Waals surface area contributed by atoms with E-state index in [-0.39, 0.29) is 17.9 Å². The average molecular weight is 490 g/mol. The second-order valence-corrected chi connectivity index (χ2v) is 10.6. The molecule has 192 valence electrons. The van der Waals surface area contributed by atoms with E-state index < -0.39 is 11.6 Å². The fourth-order valence-corrected chi connectivity index (χ4v) is 6.07. The Hall–Kier alpha value is -2.70. The van der Waals surface area contributed by atoms with Crippen LogP contribution in [-0.4, -0.2) is 72.1 Å². The molecule has 2 aromatic rings. The molecule has 3 heterocycles. The van der Waals surface area contributed by atoms with Crippen LogP contribution in [0.4, 0.5) is 0 Å².